The summed E-state index contributed by atoms with van der Waals surface area (Å²) < 4.78 is 55.6. The van der Waals surface area contributed by atoms with Gasteiger partial charge in [-0.25, -0.2) is 17.9 Å². The molecule has 0 saturated heterocycles. The van der Waals surface area contributed by atoms with Gasteiger partial charge in [0.15, 0.2) is 0 Å². The number of nitrogens with one attached hydrogen (secondary N) is 7. The zero-order valence-electron chi connectivity index (χ0n) is 59.2. The fourth-order valence-corrected chi connectivity index (χ4v) is 14.6. The second-order valence-electron chi connectivity index (χ2n) is 28.0. The minimum Gasteiger partial charge on any atom is -0.487 e. The van der Waals surface area contributed by atoms with Crippen molar-refractivity contribution in [2.24, 2.45) is 10.7 Å². The average molecular weight is 1390 g/mol. The molecule has 0 fully saturated rings. The van der Waals surface area contributed by atoms with Crippen molar-refractivity contribution in [1.82, 2.24) is 36.6 Å². The Balaban J connectivity index is 1.12. The molecule has 2 aliphatic rings. The SMILES string of the molecule is Cc1c(C)c(S(=O)(=O)NC(N)=NCCC[C@H](NC(=O)OCC2c3ccccc3-c3ccccc32)C(=O)N[C@H](C(=O)N[C@@H](CC(=O)NC(c2ccccc2)(c2ccccc2)c2ccccc2)C(=O)N[C@H](C(=O)NCC(=O)O)[C@@H](C)OC(C)(C)C)[C@@H](C)OC(C)(C)C)c(C)c2c1OC(C)(C)CC2. The van der Waals surface area contributed by atoms with Crippen LogP contribution in [0.15, 0.2) is 149 Å². The van der Waals surface area contributed by atoms with Crippen LogP contribution in [0.4, 0.5) is 4.79 Å². The van der Waals surface area contributed by atoms with Gasteiger partial charge in [-0.15, -0.1) is 0 Å². The van der Waals surface area contributed by atoms with Crippen molar-refractivity contribution in [3.05, 3.63) is 190 Å². The third kappa shape index (κ3) is 19.0. The Kier molecular flexibility index (Phi) is 24.4. The lowest BCUT2D eigenvalue weighted by atomic mass is 9.77. The highest BCUT2D eigenvalue weighted by Gasteiger charge is 2.43. The molecule has 0 spiro atoms. The summed E-state index contributed by atoms with van der Waals surface area (Å²) in [6, 6.07) is 36.2. The Bertz CT molecular complexity index is 3960. The molecule has 1 aliphatic carbocycles. The molecule has 24 heteroatoms. The molecule has 100 heavy (non-hydrogen) atoms. The lowest BCUT2D eigenvalue weighted by molar-refractivity contribution is -0.143. The highest BCUT2D eigenvalue weighted by atomic mass is 32.2. The molecule has 0 radical (unpaired) electrons. The van der Waals surface area contributed by atoms with Gasteiger partial charge in [-0.05, 0) is 177 Å². The van der Waals surface area contributed by atoms with Crippen LogP contribution in [0.2, 0.25) is 0 Å². The van der Waals surface area contributed by atoms with Gasteiger partial charge in [-0.1, -0.05) is 140 Å². The van der Waals surface area contributed by atoms with Gasteiger partial charge in [0.05, 0.1) is 34.7 Å². The third-order valence-corrected chi connectivity index (χ3v) is 19.2. The van der Waals surface area contributed by atoms with Crippen molar-refractivity contribution in [2.75, 3.05) is 19.7 Å². The molecule has 6 aromatic carbocycles. The second-order valence-corrected chi connectivity index (χ2v) is 29.6. The van der Waals surface area contributed by atoms with Crippen molar-refractivity contribution in [2.45, 2.75) is 192 Å². The number of ether oxygens (including phenoxy) is 4. The number of sulfonamides is 1. The van der Waals surface area contributed by atoms with Gasteiger partial charge < -0.3 is 61.7 Å². The maximum absolute atomic E-state index is 15.5. The van der Waals surface area contributed by atoms with Gasteiger partial charge in [-0.3, -0.25) is 33.8 Å². The van der Waals surface area contributed by atoms with E-state index in [1.165, 1.54) is 13.8 Å². The number of hydrogen-bond acceptors (Lipinski definition) is 14. The lowest BCUT2D eigenvalue weighted by Crippen LogP contribution is -2.63. The monoisotopic (exact) mass is 1390 g/mol. The summed E-state index contributed by atoms with van der Waals surface area (Å²) in [5, 5.41) is 25.9. The van der Waals surface area contributed by atoms with Gasteiger partial charge in [-0.2, -0.15) is 0 Å². The highest BCUT2D eigenvalue weighted by molar-refractivity contribution is 7.90. The van der Waals surface area contributed by atoms with Gasteiger partial charge in [0.25, 0.3) is 10.0 Å². The van der Waals surface area contributed by atoms with Crippen molar-refractivity contribution >= 4 is 57.6 Å². The normalized spacial score (nSPS) is 15.5. The van der Waals surface area contributed by atoms with E-state index in [0.29, 0.717) is 52.0 Å². The number of carboxylic acid groups (broad SMARTS) is 1. The fourth-order valence-electron chi connectivity index (χ4n) is 13.0. The number of benzene rings is 6. The van der Waals surface area contributed by atoms with Crippen LogP contribution in [0.25, 0.3) is 11.1 Å². The first kappa shape index (κ1) is 76.1. The lowest BCUT2D eigenvalue weighted by Gasteiger charge is -2.37. The number of aliphatic imine (C=N–C) groups is 1. The smallest absolute Gasteiger partial charge is 0.407 e. The zero-order chi connectivity index (χ0) is 73.1. The number of carbonyl (C=O) groups excluding carboxylic acids is 6. The van der Waals surface area contributed by atoms with E-state index in [1.54, 1.807) is 55.4 Å². The van der Waals surface area contributed by atoms with Crippen molar-refractivity contribution in [3.8, 4) is 16.9 Å². The van der Waals surface area contributed by atoms with Crippen LogP contribution in [0.5, 0.6) is 5.75 Å². The molecule has 6 aromatic rings. The molecule has 0 saturated carbocycles. The summed E-state index contributed by atoms with van der Waals surface area (Å²) in [5.41, 5.74) is 10.8. The number of hydrogen-bond donors (Lipinski definition) is 9. The standard InChI is InChI=1S/C76H95N9O14S/c1-45-46(2)66(47(3)53-39-40-75(12,13)99-65(45)53)100(94,95)85-71(77)78-41-27-38-59(81-72(93)96-44-58-56-36-25-23-34-54(56)55-35-24-26-37-57(55)58)67(89)83-64(49(5)98-74(9,10)11)70(92)80-60(68(90)82-63(48(4)97-73(6,7)8)69(91)79-43-62(87)88)42-61(86)84-76(50-28-17-14-18-29-50,51-30-19-15-20-31-51)52-32-21-16-22-33-52/h14-26,28-37,48-49,58-60,63-64H,27,38-44H2,1-13H3,(H,79,91)(H,80,92)(H,81,93)(H,82,90)(H,83,89)(H,84,86)(H,87,88)(H3,77,78,85)/t48-,49-,59+,60+,63+,64+/m1/s1. The van der Waals surface area contributed by atoms with Crippen LogP contribution < -0.4 is 47.1 Å². The van der Waals surface area contributed by atoms with Crippen LogP contribution in [-0.2, 0) is 65.0 Å². The number of rotatable bonds is 28. The van der Waals surface area contributed by atoms with E-state index in [4.69, 9.17) is 24.7 Å². The van der Waals surface area contributed by atoms with E-state index in [-0.39, 0.29) is 36.8 Å². The number of nitrogens with two attached hydrogens (primary N) is 1. The van der Waals surface area contributed by atoms with E-state index in [9.17, 15) is 27.9 Å². The summed E-state index contributed by atoms with van der Waals surface area (Å²) in [6.07, 6.45) is -3.09. The number of guanidine groups is 1. The Morgan fingerprint density at radius 1 is 0.640 bits per heavy atom. The van der Waals surface area contributed by atoms with E-state index < -0.39 is 129 Å². The van der Waals surface area contributed by atoms with Crippen LogP contribution in [-0.4, -0.2) is 134 Å². The molecule has 1 aliphatic heterocycles. The first-order chi connectivity index (χ1) is 47.1. The van der Waals surface area contributed by atoms with E-state index in [2.05, 4.69) is 41.6 Å². The molecular weight excluding hydrogens is 1290 g/mol. The number of carboxylic acids is 1. The first-order valence-electron chi connectivity index (χ1n) is 33.6. The number of aliphatic carboxylic acids is 1. The molecule has 0 aromatic heterocycles. The Labute approximate surface area is 586 Å². The molecule has 0 bridgehead atoms. The summed E-state index contributed by atoms with van der Waals surface area (Å²) in [6.45, 7) is 21.4. The maximum atomic E-state index is 15.5. The first-order valence-corrected chi connectivity index (χ1v) is 35.1. The van der Waals surface area contributed by atoms with Gasteiger partial charge in [0.2, 0.25) is 35.5 Å². The number of nitrogens with zero attached hydrogens (tertiary/aromatic N) is 1. The van der Waals surface area contributed by atoms with Crippen LogP contribution in [0, 0.1) is 20.8 Å². The molecule has 8 rings (SSSR count). The van der Waals surface area contributed by atoms with Gasteiger partial charge >= 0.3 is 12.1 Å². The van der Waals surface area contributed by atoms with Gasteiger partial charge in [0.1, 0.15) is 54.2 Å². The molecule has 534 valence electrons. The molecular formula is C76H95N9O14S. The quantitative estimate of drug-likeness (QED) is 0.00961. The number of fused-ring (bicyclic) bond motifs is 4. The maximum Gasteiger partial charge on any atom is 0.407 e. The van der Waals surface area contributed by atoms with Crippen LogP contribution in [0.3, 0.4) is 0 Å². The second kappa shape index (κ2) is 32.1. The number of amides is 6. The summed E-state index contributed by atoms with van der Waals surface area (Å²) in [4.78, 5) is 106. The van der Waals surface area contributed by atoms with E-state index in [1.807, 2.05) is 160 Å². The van der Waals surface area contributed by atoms with Crippen molar-refractivity contribution in [3.63, 3.8) is 0 Å². The minimum absolute atomic E-state index is 0.00936. The number of alkyl carbamates (subject to hydrolysis) is 1. The van der Waals surface area contributed by atoms with Crippen LogP contribution in [0.1, 0.15) is 151 Å². The fraction of sp³-hybridized carbons (Fsp3) is 0.421. The summed E-state index contributed by atoms with van der Waals surface area (Å²) >= 11 is 0. The van der Waals surface area contributed by atoms with E-state index in [0.717, 1.165) is 27.8 Å². The number of carbonyl (C=O) groups is 7. The molecule has 1 heterocycles. The predicted molar refractivity (Wildman–Crippen MR) is 381 cm³/mol. The van der Waals surface area contributed by atoms with Crippen molar-refractivity contribution < 1.29 is 66.0 Å². The molecule has 10 N–H and O–H groups in total. The Morgan fingerprint density at radius 2 is 1.12 bits per heavy atom. The molecule has 23 nitrogen and oxygen atoms in total. The zero-order valence-corrected chi connectivity index (χ0v) is 60.0. The predicted octanol–water partition coefficient (Wildman–Crippen LogP) is 8.56. The Morgan fingerprint density at radius 3 is 1.62 bits per heavy atom. The van der Waals surface area contributed by atoms with Crippen molar-refractivity contribution in [1.29, 1.82) is 0 Å². The average Bonchev–Trinajstić information content (AvgIpc) is 0.826. The minimum atomic E-state index is -4.31. The Hall–Kier alpha value is -9.65. The van der Waals surface area contributed by atoms with Gasteiger partial charge in [0, 0.05) is 12.5 Å². The van der Waals surface area contributed by atoms with E-state index >= 15 is 19.2 Å². The molecule has 0 unspecified atom stereocenters. The third-order valence-electron chi connectivity index (χ3n) is 17.6. The molecule has 6 atom stereocenters. The summed E-state index contributed by atoms with van der Waals surface area (Å²) in [5.74, 6) is -6.32. The van der Waals surface area contributed by atoms with Crippen LogP contribution >= 0.6 is 0 Å². The summed E-state index contributed by atoms with van der Waals surface area (Å²) in [7, 11) is -4.31. The molecule has 6 amide bonds. The highest BCUT2D eigenvalue weighted by Crippen LogP contribution is 2.45. The topological polar surface area (TPSA) is 333 Å². The largest absolute Gasteiger partial charge is 0.487 e.